The highest BCUT2D eigenvalue weighted by molar-refractivity contribution is 7.15. The van der Waals surface area contributed by atoms with Crippen molar-refractivity contribution in [1.29, 1.82) is 0 Å². The number of carbonyl (C=O) groups excluding carboxylic acids is 2. The van der Waals surface area contributed by atoms with E-state index in [9.17, 15) is 18.4 Å². The summed E-state index contributed by atoms with van der Waals surface area (Å²) >= 11 is 2.78. The first-order valence-electron chi connectivity index (χ1n) is 21.9. The number of aromatic nitrogens is 8. The zero-order chi connectivity index (χ0) is 48.7. The molecule has 6 aromatic heterocycles. The highest BCUT2D eigenvalue weighted by Gasteiger charge is 2.47. The molecule has 2 amide bonds. The van der Waals surface area contributed by atoms with E-state index in [4.69, 9.17) is 20.7 Å². The summed E-state index contributed by atoms with van der Waals surface area (Å²) in [6, 6.07) is 12.8. The number of azide groups is 1. The van der Waals surface area contributed by atoms with E-state index in [0.29, 0.717) is 70.8 Å². The lowest BCUT2D eigenvalue weighted by Crippen LogP contribution is -2.50. The highest BCUT2D eigenvalue weighted by Crippen LogP contribution is 2.46. The van der Waals surface area contributed by atoms with E-state index in [1.807, 2.05) is 0 Å². The monoisotopic (exact) mass is 966 g/mol. The van der Waals surface area contributed by atoms with Crippen molar-refractivity contribution in [2.75, 3.05) is 22.9 Å². The van der Waals surface area contributed by atoms with Crippen molar-refractivity contribution in [2.45, 2.75) is 115 Å². The van der Waals surface area contributed by atoms with Gasteiger partial charge in [0, 0.05) is 69.9 Å². The Bertz CT molecular complexity index is 2750. The predicted molar refractivity (Wildman–Crippen MR) is 254 cm³/mol. The van der Waals surface area contributed by atoms with Crippen molar-refractivity contribution < 1.29 is 27.8 Å². The fourth-order valence-electron chi connectivity index (χ4n) is 7.70. The molecular weight excluding hydrogens is 915 g/mol. The van der Waals surface area contributed by atoms with Crippen LogP contribution in [0.25, 0.3) is 31.8 Å². The van der Waals surface area contributed by atoms with Gasteiger partial charge >= 0.3 is 12.2 Å². The number of hydrogen-bond donors (Lipinski definition) is 1. The van der Waals surface area contributed by atoms with Gasteiger partial charge in [0.05, 0.1) is 17.9 Å². The van der Waals surface area contributed by atoms with Gasteiger partial charge in [-0.15, -0.1) is 43.1 Å². The molecule has 2 saturated carbocycles. The Hall–Kier alpha value is -6.61. The fraction of sp³-hybridized carbons (Fsp3) is 0.435. The van der Waals surface area contributed by atoms with Gasteiger partial charge in [-0.25, -0.2) is 28.3 Å². The predicted octanol–water partition coefficient (Wildman–Crippen LogP) is 10.3. The number of carbonyl (C=O) groups is 2. The van der Waals surface area contributed by atoms with Crippen LogP contribution in [-0.2, 0) is 33.4 Å². The van der Waals surface area contributed by atoms with Gasteiger partial charge in [-0.2, -0.15) is 0 Å². The molecule has 6 heterocycles. The molecule has 68 heavy (non-hydrogen) atoms. The standard InChI is InChI=1S/C23H25FN8O2S.C23H27FN6O2S/c1-22(2,3)34-21(33)32(14-23(9-5-10-23)19-16(24)6-4-11-26-19)18-8-7-17(29-30-18)20-27-12-15(35-20)13-28-31-25;1-22(2,3)32-21(31)30(14-23(9-5-10-23)19-16(24)6-4-11-26-19)18-8-7-17(28-29-18)20-27-13-15(12-25)33-20/h4,6-8,11-12H,5,9-10,13-14H2,1-3H3;4,6-8,11,13H,5,9-10,12,14,25H2,1-3H3. The van der Waals surface area contributed by atoms with E-state index in [1.54, 1.807) is 103 Å². The topological polar surface area (TPSA) is 237 Å². The number of amides is 2. The zero-order valence-corrected chi connectivity index (χ0v) is 40.2. The van der Waals surface area contributed by atoms with Crippen LogP contribution in [0, 0.1) is 11.6 Å². The third-order valence-electron chi connectivity index (χ3n) is 11.2. The third-order valence-corrected chi connectivity index (χ3v) is 13.2. The summed E-state index contributed by atoms with van der Waals surface area (Å²) in [6.45, 7) is 11.7. The Morgan fingerprint density at radius 1 is 0.706 bits per heavy atom. The maximum Gasteiger partial charge on any atom is 0.416 e. The van der Waals surface area contributed by atoms with Crippen molar-refractivity contribution in [1.82, 2.24) is 40.3 Å². The molecule has 0 radical (unpaired) electrons. The van der Waals surface area contributed by atoms with Crippen LogP contribution in [0.15, 0.2) is 78.4 Å². The summed E-state index contributed by atoms with van der Waals surface area (Å²) in [4.78, 5) is 51.0. The average Bonchev–Trinajstić information content (AvgIpc) is 3.96. The summed E-state index contributed by atoms with van der Waals surface area (Å²) in [5.41, 5.74) is 13.3. The van der Waals surface area contributed by atoms with Crippen LogP contribution >= 0.6 is 22.7 Å². The van der Waals surface area contributed by atoms with Gasteiger partial charge in [-0.1, -0.05) is 18.0 Å². The molecule has 0 aromatic carbocycles. The molecule has 0 aliphatic heterocycles. The summed E-state index contributed by atoms with van der Waals surface area (Å²) in [6.07, 6.45) is 9.98. The number of rotatable bonds is 13. The van der Waals surface area contributed by atoms with E-state index in [2.05, 4.69) is 50.4 Å². The van der Waals surface area contributed by atoms with E-state index in [-0.39, 0.29) is 31.3 Å². The molecule has 0 bridgehead atoms. The van der Waals surface area contributed by atoms with Gasteiger partial charge in [-0.05, 0) is 121 Å². The van der Waals surface area contributed by atoms with Crippen LogP contribution in [0.3, 0.4) is 0 Å². The Morgan fingerprint density at radius 3 is 1.49 bits per heavy atom. The third kappa shape index (κ3) is 11.7. The first-order valence-corrected chi connectivity index (χ1v) is 23.6. The first-order chi connectivity index (χ1) is 32.4. The SMILES string of the molecule is CC(C)(C)OC(=O)N(CC1(c2ncccc2F)CCC1)c1ccc(-c2ncc(CN)s2)nn1.CC(C)(C)OC(=O)N(CC1(c2ncccc2F)CCC1)c1ccc(-c2ncc(CN=[N+]=[N-])s2)nn1. The van der Waals surface area contributed by atoms with Crippen LogP contribution in [0.4, 0.5) is 30.0 Å². The van der Waals surface area contributed by atoms with Crippen LogP contribution < -0.4 is 15.5 Å². The molecule has 356 valence electrons. The van der Waals surface area contributed by atoms with Crippen molar-refractivity contribution in [3.8, 4) is 21.4 Å². The molecule has 0 saturated heterocycles. The first kappa shape index (κ1) is 49.3. The quantitative estimate of drug-likeness (QED) is 0.0645. The van der Waals surface area contributed by atoms with Gasteiger partial charge in [0.25, 0.3) is 0 Å². The Morgan fingerprint density at radius 2 is 1.15 bits per heavy atom. The lowest BCUT2D eigenvalue weighted by Gasteiger charge is -2.44. The number of halogens is 2. The minimum atomic E-state index is -0.727. The molecule has 18 nitrogen and oxygen atoms in total. The molecule has 0 spiro atoms. The van der Waals surface area contributed by atoms with Gasteiger partial charge in [0.15, 0.2) is 11.6 Å². The van der Waals surface area contributed by atoms with Crippen LogP contribution in [-0.4, -0.2) is 76.8 Å². The molecule has 2 aliphatic rings. The Labute approximate surface area is 400 Å². The van der Waals surface area contributed by atoms with Crippen molar-refractivity contribution in [2.24, 2.45) is 10.8 Å². The number of anilines is 2. The number of nitrogens with two attached hydrogens (primary N) is 1. The summed E-state index contributed by atoms with van der Waals surface area (Å²) in [5.74, 6) is -0.150. The second-order valence-corrected chi connectivity index (χ2v) is 20.7. The number of thiazole rings is 2. The molecule has 0 atom stereocenters. The number of hydrogen-bond acceptors (Lipinski definition) is 16. The minimum absolute atomic E-state index is 0.164. The molecule has 6 aromatic rings. The lowest BCUT2D eigenvalue weighted by atomic mass is 9.66. The normalized spacial score (nSPS) is 14.8. The molecule has 22 heteroatoms. The zero-order valence-electron chi connectivity index (χ0n) is 38.6. The largest absolute Gasteiger partial charge is 0.443 e. The molecule has 2 aliphatic carbocycles. The van der Waals surface area contributed by atoms with Gasteiger partial charge in [0.1, 0.15) is 44.2 Å². The lowest BCUT2D eigenvalue weighted by molar-refractivity contribution is 0.0547. The molecule has 0 unspecified atom stereocenters. The molecule has 2 fully saturated rings. The average molecular weight is 967 g/mol. The maximum absolute atomic E-state index is 14.7. The van der Waals surface area contributed by atoms with Gasteiger partial charge in [-0.3, -0.25) is 19.8 Å². The maximum atomic E-state index is 14.7. The summed E-state index contributed by atoms with van der Waals surface area (Å²) in [7, 11) is 0. The number of ether oxygens (including phenoxy) is 2. The van der Waals surface area contributed by atoms with Crippen molar-refractivity contribution in [3.63, 3.8) is 0 Å². The van der Waals surface area contributed by atoms with Crippen LogP contribution in [0.2, 0.25) is 0 Å². The molecular formula is C46H52F2N14O4S2. The van der Waals surface area contributed by atoms with Gasteiger partial charge in [0.2, 0.25) is 0 Å². The number of pyridine rings is 2. The second kappa shape index (κ2) is 20.7. The van der Waals surface area contributed by atoms with Crippen LogP contribution in [0.5, 0.6) is 0 Å². The van der Waals surface area contributed by atoms with Crippen molar-refractivity contribution >= 4 is 46.5 Å². The van der Waals surface area contributed by atoms with E-state index in [1.165, 1.54) is 44.6 Å². The molecule has 2 N–H and O–H groups in total. The van der Waals surface area contributed by atoms with E-state index < -0.39 is 40.0 Å². The highest BCUT2D eigenvalue weighted by atomic mass is 32.1. The number of nitrogens with zero attached hydrogens (tertiary/aromatic N) is 13. The van der Waals surface area contributed by atoms with Gasteiger partial charge < -0.3 is 15.2 Å². The summed E-state index contributed by atoms with van der Waals surface area (Å²) in [5, 5.41) is 22.0. The smallest absolute Gasteiger partial charge is 0.416 e. The summed E-state index contributed by atoms with van der Waals surface area (Å²) < 4.78 is 40.7. The van der Waals surface area contributed by atoms with E-state index >= 15 is 0 Å². The van der Waals surface area contributed by atoms with Crippen LogP contribution in [0.1, 0.15) is 101 Å². The van der Waals surface area contributed by atoms with E-state index in [0.717, 1.165) is 22.6 Å². The Kier molecular flexibility index (Phi) is 15.0. The fourth-order valence-corrected chi connectivity index (χ4v) is 9.25. The Balaban J connectivity index is 0.000000202. The van der Waals surface area contributed by atoms with Crippen molar-refractivity contribution in [3.05, 3.63) is 117 Å². The second-order valence-electron chi connectivity index (χ2n) is 18.5. The minimum Gasteiger partial charge on any atom is -0.443 e. The molecule has 8 rings (SSSR count).